The van der Waals surface area contributed by atoms with E-state index < -0.39 is 0 Å². The summed E-state index contributed by atoms with van der Waals surface area (Å²) in [7, 11) is 1.90. The van der Waals surface area contributed by atoms with E-state index in [-0.39, 0.29) is 6.04 Å². The fraction of sp³-hybridized carbons (Fsp3) is 0.273. The first-order chi connectivity index (χ1) is 6.86. The number of para-hydroxylation sites is 1. The van der Waals surface area contributed by atoms with Crippen LogP contribution in [0.15, 0.2) is 34.9 Å². The molecule has 2 rings (SSSR count). The number of hydrogen-bond acceptors (Lipinski definition) is 2. The smallest absolute Gasteiger partial charge is 0.134 e. The molecular weight excluding hydrogens is 198 g/mol. The zero-order valence-electron chi connectivity index (χ0n) is 7.96. The molecule has 0 saturated carbocycles. The number of halogens is 1. The van der Waals surface area contributed by atoms with Crippen molar-refractivity contribution in [1.82, 2.24) is 5.32 Å². The Bertz CT molecular complexity index is 420. The van der Waals surface area contributed by atoms with Crippen LogP contribution in [-0.4, -0.2) is 12.9 Å². The van der Waals surface area contributed by atoms with Crippen LogP contribution in [-0.2, 0) is 0 Å². The molecule has 0 spiro atoms. The van der Waals surface area contributed by atoms with E-state index in [4.69, 9.17) is 16.0 Å². The first-order valence-electron chi connectivity index (χ1n) is 4.56. The first kappa shape index (κ1) is 9.56. The minimum absolute atomic E-state index is 0.153. The van der Waals surface area contributed by atoms with Crippen LogP contribution in [0.1, 0.15) is 11.6 Å². The molecule has 0 radical (unpaired) electrons. The number of rotatable bonds is 3. The standard InChI is InChI=1S/C11H12ClNO/c1-13-10(6-12)9-7-14-11-5-3-2-4-8(9)11/h2-5,7,10,13H,6H2,1H3. The van der Waals surface area contributed by atoms with Crippen molar-refractivity contribution in [2.75, 3.05) is 12.9 Å². The van der Waals surface area contributed by atoms with Gasteiger partial charge in [0.15, 0.2) is 0 Å². The highest BCUT2D eigenvalue weighted by Gasteiger charge is 2.13. The average Bonchev–Trinajstić information content (AvgIpc) is 2.65. The summed E-state index contributed by atoms with van der Waals surface area (Å²) in [5, 5.41) is 4.29. The normalized spacial score (nSPS) is 13.3. The fourth-order valence-electron chi connectivity index (χ4n) is 1.58. The van der Waals surface area contributed by atoms with Crippen molar-refractivity contribution in [2.45, 2.75) is 6.04 Å². The van der Waals surface area contributed by atoms with Crippen LogP contribution in [0.3, 0.4) is 0 Å². The van der Waals surface area contributed by atoms with Gasteiger partial charge in [-0.15, -0.1) is 11.6 Å². The highest BCUT2D eigenvalue weighted by molar-refractivity contribution is 6.18. The summed E-state index contributed by atoms with van der Waals surface area (Å²) in [6.45, 7) is 0. The summed E-state index contributed by atoms with van der Waals surface area (Å²) in [6, 6.07) is 8.12. The molecule has 0 aliphatic carbocycles. The summed E-state index contributed by atoms with van der Waals surface area (Å²) < 4.78 is 5.44. The highest BCUT2D eigenvalue weighted by Crippen LogP contribution is 2.26. The molecule has 0 bridgehead atoms. The lowest BCUT2D eigenvalue weighted by Gasteiger charge is -2.10. The largest absolute Gasteiger partial charge is 0.464 e. The van der Waals surface area contributed by atoms with Crippen molar-refractivity contribution in [3.63, 3.8) is 0 Å². The van der Waals surface area contributed by atoms with Gasteiger partial charge in [0.2, 0.25) is 0 Å². The lowest BCUT2D eigenvalue weighted by atomic mass is 10.1. The van der Waals surface area contributed by atoms with Gasteiger partial charge in [-0.2, -0.15) is 0 Å². The lowest BCUT2D eigenvalue weighted by molar-refractivity contribution is 0.590. The summed E-state index contributed by atoms with van der Waals surface area (Å²) in [6.07, 6.45) is 1.77. The molecule has 1 aromatic carbocycles. The second-order valence-electron chi connectivity index (χ2n) is 3.18. The van der Waals surface area contributed by atoms with E-state index in [1.165, 1.54) is 0 Å². The number of hydrogen-bond donors (Lipinski definition) is 1. The minimum Gasteiger partial charge on any atom is -0.464 e. The number of alkyl halides is 1. The third-order valence-corrected chi connectivity index (χ3v) is 2.70. The molecule has 0 aliphatic rings. The van der Waals surface area contributed by atoms with Crippen LogP contribution in [0.4, 0.5) is 0 Å². The van der Waals surface area contributed by atoms with Gasteiger partial charge in [-0.05, 0) is 13.1 Å². The van der Waals surface area contributed by atoms with Crippen LogP contribution in [0.25, 0.3) is 11.0 Å². The topological polar surface area (TPSA) is 25.2 Å². The van der Waals surface area contributed by atoms with Crippen molar-refractivity contribution in [2.24, 2.45) is 0 Å². The number of fused-ring (bicyclic) bond motifs is 1. The Balaban J connectivity index is 2.51. The molecule has 1 unspecified atom stereocenters. The van der Waals surface area contributed by atoms with E-state index in [0.717, 1.165) is 16.5 Å². The minimum atomic E-state index is 0.153. The zero-order valence-corrected chi connectivity index (χ0v) is 8.71. The van der Waals surface area contributed by atoms with E-state index >= 15 is 0 Å². The second-order valence-corrected chi connectivity index (χ2v) is 3.49. The SMILES string of the molecule is CNC(CCl)c1coc2ccccc12. The van der Waals surface area contributed by atoms with Gasteiger partial charge in [0.1, 0.15) is 5.58 Å². The quantitative estimate of drug-likeness (QED) is 0.787. The van der Waals surface area contributed by atoms with E-state index in [1.54, 1.807) is 6.26 Å². The maximum atomic E-state index is 5.86. The van der Waals surface area contributed by atoms with E-state index in [2.05, 4.69) is 5.32 Å². The van der Waals surface area contributed by atoms with Crippen LogP contribution in [0.2, 0.25) is 0 Å². The predicted molar refractivity (Wildman–Crippen MR) is 58.7 cm³/mol. The predicted octanol–water partition coefficient (Wildman–Crippen LogP) is 2.93. The van der Waals surface area contributed by atoms with Crippen LogP contribution >= 0.6 is 11.6 Å². The van der Waals surface area contributed by atoms with Crippen LogP contribution in [0.5, 0.6) is 0 Å². The van der Waals surface area contributed by atoms with Gasteiger partial charge in [0.25, 0.3) is 0 Å². The Labute approximate surface area is 87.9 Å². The Morgan fingerprint density at radius 2 is 2.21 bits per heavy atom. The maximum absolute atomic E-state index is 5.86. The number of furan rings is 1. The van der Waals surface area contributed by atoms with Gasteiger partial charge in [-0.1, -0.05) is 18.2 Å². The molecular formula is C11H12ClNO. The van der Waals surface area contributed by atoms with Gasteiger partial charge in [-0.25, -0.2) is 0 Å². The summed E-state index contributed by atoms with van der Waals surface area (Å²) >= 11 is 5.86. The second kappa shape index (κ2) is 4.03. The third kappa shape index (κ3) is 1.51. The monoisotopic (exact) mass is 209 g/mol. The molecule has 3 heteroatoms. The Kier molecular flexibility index (Phi) is 2.75. The summed E-state index contributed by atoms with van der Waals surface area (Å²) in [5.74, 6) is 0.542. The van der Waals surface area contributed by atoms with Crippen LogP contribution < -0.4 is 5.32 Å². The Morgan fingerprint density at radius 3 is 2.93 bits per heavy atom. The molecule has 1 N–H and O–H groups in total. The molecule has 0 aliphatic heterocycles. The van der Waals surface area contributed by atoms with E-state index in [0.29, 0.717) is 5.88 Å². The molecule has 1 heterocycles. The number of nitrogens with one attached hydrogen (secondary N) is 1. The zero-order chi connectivity index (χ0) is 9.97. The molecule has 1 atom stereocenters. The van der Waals surface area contributed by atoms with Crippen molar-refractivity contribution in [1.29, 1.82) is 0 Å². The van der Waals surface area contributed by atoms with Gasteiger partial charge < -0.3 is 9.73 Å². The average molecular weight is 210 g/mol. The Morgan fingerprint density at radius 1 is 1.43 bits per heavy atom. The van der Waals surface area contributed by atoms with Gasteiger partial charge >= 0.3 is 0 Å². The van der Waals surface area contributed by atoms with Gasteiger partial charge in [0, 0.05) is 22.9 Å². The molecule has 2 aromatic rings. The molecule has 0 amide bonds. The molecule has 2 nitrogen and oxygen atoms in total. The molecule has 14 heavy (non-hydrogen) atoms. The van der Waals surface area contributed by atoms with Crippen LogP contribution in [0, 0.1) is 0 Å². The van der Waals surface area contributed by atoms with Gasteiger partial charge in [-0.3, -0.25) is 0 Å². The highest BCUT2D eigenvalue weighted by atomic mass is 35.5. The van der Waals surface area contributed by atoms with Crippen molar-refractivity contribution in [3.05, 3.63) is 36.1 Å². The third-order valence-electron chi connectivity index (χ3n) is 2.39. The number of benzene rings is 1. The van der Waals surface area contributed by atoms with E-state index in [1.807, 2.05) is 31.3 Å². The van der Waals surface area contributed by atoms with Gasteiger partial charge in [0.05, 0.1) is 6.26 Å². The van der Waals surface area contributed by atoms with Crippen molar-refractivity contribution in [3.8, 4) is 0 Å². The summed E-state index contributed by atoms with van der Waals surface area (Å²) in [4.78, 5) is 0. The molecule has 0 saturated heterocycles. The lowest BCUT2D eigenvalue weighted by Crippen LogP contribution is -2.17. The van der Waals surface area contributed by atoms with Crippen molar-refractivity contribution < 1.29 is 4.42 Å². The van der Waals surface area contributed by atoms with E-state index in [9.17, 15) is 0 Å². The molecule has 74 valence electrons. The summed E-state index contributed by atoms with van der Waals surface area (Å²) in [5.41, 5.74) is 2.03. The van der Waals surface area contributed by atoms with Crippen molar-refractivity contribution >= 4 is 22.6 Å². The first-order valence-corrected chi connectivity index (χ1v) is 5.09. The molecule has 0 fully saturated rings. The molecule has 1 aromatic heterocycles. The fourth-order valence-corrected chi connectivity index (χ4v) is 1.90. The Hall–Kier alpha value is -0.990. The maximum Gasteiger partial charge on any atom is 0.134 e.